The first kappa shape index (κ1) is 17.4. The van der Waals surface area contributed by atoms with Crippen LogP contribution in [0.3, 0.4) is 0 Å². The van der Waals surface area contributed by atoms with Gasteiger partial charge >= 0.3 is 5.97 Å². The number of methoxy groups -OCH3 is 1. The summed E-state index contributed by atoms with van der Waals surface area (Å²) >= 11 is 7.35. The van der Waals surface area contributed by atoms with Crippen LogP contribution in [0.15, 0.2) is 36.7 Å². The largest absolute Gasteiger partial charge is 0.468 e. The predicted octanol–water partition coefficient (Wildman–Crippen LogP) is 2.49. The van der Waals surface area contributed by atoms with Gasteiger partial charge in [-0.25, -0.2) is 14.2 Å². The van der Waals surface area contributed by atoms with E-state index in [0.717, 1.165) is 16.2 Å². The number of nitrogens with one attached hydrogen (secondary N) is 1. The molecule has 3 aromatic heterocycles. The molecular weight excluding hydrogens is 390 g/mol. The molecule has 0 fully saturated rings. The van der Waals surface area contributed by atoms with Crippen molar-refractivity contribution in [2.24, 2.45) is 0 Å². The Hall–Kier alpha value is -2.98. The van der Waals surface area contributed by atoms with Gasteiger partial charge < -0.3 is 10.1 Å². The molecule has 0 saturated heterocycles. The molecule has 27 heavy (non-hydrogen) atoms. The first-order valence-electron chi connectivity index (χ1n) is 7.92. The van der Waals surface area contributed by atoms with Crippen molar-refractivity contribution in [1.82, 2.24) is 29.6 Å². The number of aromatic nitrogens is 6. The highest BCUT2D eigenvalue weighted by molar-refractivity contribution is 7.20. The van der Waals surface area contributed by atoms with Gasteiger partial charge in [-0.3, -0.25) is 4.79 Å². The van der Waals surface area contributed by atoms with Gasteiger partial charge in [0.2, 0.25) is 10.1 Å². The van der Waals surface area contributed by atoms with Gasteiger partial charge in [0.05, 0.1) is 31.7 Å². The van der Waals surface area contributed by atoms with Gasteiger partial charge in [0.15, 0.2) is 0 Å². The Kier molecular flexibility index (Phi) is 4.73. The molecule has 0 spiro atoms. The summed E-state index contributed by atoms with van der Waals surface area (Å²) in [7, 11) is 1.33. The first-order valence-corrected chi connectivity index (χ1v) is 9.12. The number of rotatable bonds is 6. The van der Waals surface area contributed by atoms with Crippen molar-refractivity contribution in [3.8, 4) is 11.3 Å². The number of hydrogen-bond acceptors (Lipinski definition) is 8. The Bertz CT molecular complexity index is 1050. The molecule has 0 unspecified atom stereocenters. The minimum Gasteiger partial charge on any atom is -0.468 e. The topological polar surface area (TPSA) is 99.2 Å². The molecule has 0 aliphatic rings. The van der Waals surface area contributed by atoms with Crippen molar-refractivity contribution in [3.63, 3.8) is 0 Å². The monoisotopic (exact) mass is 403 g/mol. The number of anilines is 1. The quantitative estimate of drug-likeness (QED) is 0.493. The molecule has 0 aliphatic carbocycles. The van der Waals surface area contributed by atoms with Crippen LogP contribution < -0.4 is 5.32 Å². The molecule has 1 N–H and O–H groups in total. The molecule has 0 radical (unpaired) electrons. The van der Waals surface area contributed by atoms with Crippen molar-refractivity contribution in [3.05, 3.63) is 47.4 Å². The van der Waals surface area contributed by atoms with E-state index in [9.17, 15) is 4.79 Å². The van der Waals surface area contributed by atoms with E-state index >= 15 is 0 Å². The smallest absolute Gasteiger partial charge is 0.327 e. The normalized spacial score (nSPS) is 11.0. The number of ether oxygens (including phenoxy) is 1. The second-order valence-electron chi connectivity index (χ2n) is 5.60. The van der Waals surface area contributed by atoms with Gasteiger partial charge in [-0.2, -0.15) is 0 Å². The zero-order valence-corrected chi connectivity index (χ0v) is 15.7. The molecule has 138 valence electrons. The maximum Gasteiger partial charge on any atom is 0.327 e. The van der Waals surface area contributed by atoms with Gasteiger partial charge in [0, 0.05) is 10.6 Å². The second-order valence-corrected chi connectivity index (χ2v) is 7.00. The minimum atomic E-state index is -0.378. The third kappa shape index (κ3) is 3.91. The lowest BCUT2D eigenvalue weighted by atomic mass is 10.2. The van der Waals surface area contributed by atoms with E-state index in [1.54, 1.807) is 10.7 Å². The van der Waals surface area contributed by atoms with E-state index in [0.29, 0.717) is 22.4 Å². The lowest BCUT2D eigenvalue weighted by molar-refractivity contribution is -0.141. The van der Waals surface area contributed by atoms with Crippen LogP contribution in [-0.4, -0.2) is 42.7 Å². The summed E-state index contributed by atoms with van der Waals surface area (Å²) in [4.78, 5) is 16.6. The van der Waals surface area contributed by atoms with Crippen molar-refractivity contribution < 1.29 is 9.53 Å². The van der Waals surface area contributed by atoms with Crippen LogP contribution in [0.2, 0.25) is 5.02 Å². The molecule has 4 rings (SSSR count). The van der Waals surface area contributed by atoms with Crippen molar-refractivity contribution >= 4 is 39.0 Å². The van der Waals surface area contributed by atoms with E-state index in [4.69, 9.17) is 11.6 Å². The zero-order valence-electron chi connectivity index (χ0n) is 14.2. The van der Waals surface area contributed by atoms with Crippen LogP contribution in [0.4, 0.5) is 5.13 Å². The second kappa shape index (κ2) is 7.33. The zero-order chi connectivity index (χ0) is 18.8. The number of fused-ring (bicyclic) bond motifs is 1. The molecular formula is C16H14ClN7O2S. The van der Waals surface area contributed by atoms with Gasteiger partial charge in [0.25, 0.3) is 0 Å². The minimum absolute atomic E-state index is 0.0298. The Morgan fingerprint density at radius 1 is 1.30 bits per heavy atom. The summed E-state index contributed by atoms with van der Waals surface area (Å²) in [6.45, 7) is 0.462. The summed E-state index contributed by atoms with van der Waals surface area (Å²) in [6, 6.07) is 7.51. The molecule has 0 saturated carbocycles. The third-order valence-electron chi connectivity index (χ3n) is 3.71. The van der Waals surface area contributed by atoms with Gasteiger partial charge in [-0.15, -0.1) is 10.2 Å². The van der Waals surface area contributed by atoms with Gasteiger partial charge in [0.1, 0.15) is 12.2 Å². The fourth-order valence-electron chi connectivity index (χ4n) is 2.39. The van der Waals surface area contributed by atoms with E-state index in [1.807, 2.05) is 30.5 Å². The number of imidazole rings is 1. The van der Waals surface area contributed by atoms with Gasteiger partial charge in [-0.1, -0.05) is 40.3 Å². The Balaban J connectivity index is 1.42. The van der Waals surface area contributed by atoms with Crippen LogP contribution in [-0.2, 0) is 22.6 Å². The van der Waals surface area contributed by atoms with E-state index in [1.165, 1.54) is 23.1 Å². The fraction of sp³-hybridized carbons (Fsp3) is 0.188. The number of benzene rings is 1. The van der Waals surface area contributed by atoms with Crippen molar-refractivity contribution in [1.29, 1.82) is 0 Å². The lowest BCUT2D eigenvalue weighted by Gasteiger charge is -1.98. The molecule has 4 aromatic rings. The molecule has 3 heterocycles. The highest BCUT2D eigenvalue weighted by atomic mass is 35.5. The number of nitrogens with zero attached hydrogens (tertiary/aromatic N) is 6. The molecule has 0 aliphatic heterocycles. The van der Waals surface area contributed by atoms with Crippen LogP contribution in [0.5, 0.6) is 0 Å². The van der Waals surface area contributed by atoms with E-state index in [-0.39, 0.29) is 12.5 Å². The summed E-state index contributed by atoms with van der Waals surface area (Å²) in [6.07, 6.45) is 3.55. The number of hydrogen-bond donors (Lipinski definition) is 1. The Labute approximate surface area is 162 Å². The molecule has 9 nitrogen and oxygen atoms in total. The van der Waals surface area contributed by atoms with Crippen LogP contribution >= 0.6 is 22.9 Å². The molecule has 1 aromatic carbocycles. The number of carbonyl (C=O) groups excluding carboxylic acids is 1. The van der Waals surface area contributed by atoms with Crippen LogP contribution in [0.1, 0.15) is 5.69 Å². The number of esters is 1. The van der Waals surface area contributed by atoms with E-state index in [2.05, 4.69) is 30.4 Å². The summed E-state index contributed by atoms with van der Waals surface area (Å²) in [5, 5.41) is 16.9. The third-order valence-corrected chi connectivity index (χ3v) is 4.84. The molecule has 0 bridgehead atoms. The number of carbonyl (C=O) groups is 1. The average molecular weight is 404 g/mol. The Morgan fingerprint density at radius 2 is 2.11 bits per heavy atom. The standard InChI is InChI=1S/C16H14ClN7O2S/c1-26-14(25)9-23-7-12(20-22-23)6-18-15-21-24-8-13(19-16(24)27-15)10-2-4-11(17)5-3-10/h2-5,7-8H,6,9H2,1H3,(H,18,21). The number of halogens is 1. The van der Waals surface area contributed by atoms with Crippen LogP contribution in [0.25, 0.3) is 16.2 Å². The molecule has 0 amide bonds. The summed E-state index contributed by atoms with van der Waals surface area (Å²) < 4.78 is 7.75. The van der Waals surface area contributed by atoms with Crippen molar-refractivity contribution in [2.45, 2.75) is 13.1 Å². The SMILES string of the molecule is COC(=O)Cn1cc(CNc2nn3cc(-c4ccc(Cl)cc4)nc3s2)nn1. The fourth-order valence-corrected chi connectivity index (χ4v) is 3.29. The van der Waals surface area contributed by atoms with Crippen LogP contribution in [0, 0.1) is 0 Å². The molecule has 11 heteroatoms. The maximum absolute atomic E-state index is 11.2. The van der Waals surface area contributed by atoms with Crippen molar-refractivity contribution in [2.75, 3.05) is 12.4 Å². The predicted molar refractivity (Wildman–Crippen MR) is 101 cm³/mol. The molecule has 0 atom stereocenters. The summed E-state index contributed by atoms with van der Waals surface area (Å²) in [5.74, 6) is -0.378. The maximum atomic E-state index is 11.2. The lowest BCUT2D eigenvalue weighted by Crippen LogP contribution is -2.11. The van der Waals surface area contributed by atoms with E-state index < -0.39 is 0 Å². The first-order chi connectivity index (χ1) is 13.1. The highest BCUT2D eigenvalue weighted by Crippen LogP contribution is 2.25. The Morgan fingerprint density at radius 3 is 2.85 bits per heavy atom. The summed E-state index contributed by atoms with van der Waals surface area (Å²) in [5.41, 5.74) is 2.50. The highest BCUT2D eigenvalue weighted by Gasteiger charge is 2.11. The van der Waals surface area contributed by atoms with Gasteiger partial charge in [-0.05, 0) is 12.1 Å². The average Bonchev–Trinajstić information content (AvgIpc) is 3.35.